The normalized spacial score (nSPS) is 10.9. The number of carbonyl (C=O) groups is 1. The molecule has 2 aromatic heterocycles. The minimum atomic E-state index is -0.999. The molecule has 6 heteroatoms. The molecule has 0 fully saturated rings. The van der Waals surface area contributed by atoms with Gasteiger partial charge in [-0.25, -0.2) is 9.78 Å². The van der Waals surface area contributed by atoms with Crippen molar-refractivity contribution in [2.45, 2.75) is 11.8 Å². The fourth-order valence-corrected chi connectivity index (χ4v) is 3.88. The van der Waals surface area contributed by atoms with E-state index in [2.05, 4.69) is 41.2 Å². The maximum atomic E-state index is 11.2. The van der Waals surface area contributed by atoms with Gasteiger partial charge in [-0.2, -0.15) is 0 Å². The fraction of sp³-hybridized carbons (Fsp3) is 0.0870. The Morgan fingerprint density at radius 1 is 1.00 bits per heavy atom. The zero-order valence-corrected chi connectivity index (χ0v) is 16.6. The van der Waals surface area contributed by atoms with E-state index in [1.54, 1.807) is 24.0 Å². The van der Waals surface area contributed by atoms with E-state index >= 15 is 0 Å². The van der Waals surface area contributed by atoms with Crippen LogP contribution < -0.4 is 5.73 Å². The zero-order valence-electron chi connectivity index (χ0n) is 15.8. The Hall–Kier alpha value is -3.38. The summed E-state index contributed by atoms with van der Waals surface area (Å²) in [7, 11) is 0. The number of pyridine rings is 2. The van der Waals surface area contributed by atoms with Gasteiger partial charge in [0.15, 0.2) is 0 Å². The third-order valence-corrected chi connectivity index (χ3v) is 5.53. The summed E-state index contributed by atoms with van der Waals surface area (Å²) < 4.78 is 0. The molecule has 0 saturated heterocycles. The van der Waals surface area contributed by atoms with Crippen LogP contribution in [0.2, 0.25) is 0 Å². The van der Waals surface area contributed by atoms with Crippen LogP contribution in [0.15, 0.2) is 71.9 Å². The fourth-order valence-electron chi connectivity index (χ4n) is 3.21. The van der Waals surface area contributed by atoms with Crippen molar-refractivity contribution >= 4 is 34.5 Å². The van der Waals surface area contributed by atoms with Crippen molar-refractivity contribution in [2.24, 2.45) is 0 Å². The Kier molecular flexibility index (Phi) is 5.18. The number of benzene rings is 2. The lowest BCUT2D eigenvalue weighted by Gasteiger charge is -2.10. The minimum Gasteiger partial charge on any atom is -0.478 e. The van der Waals surface area contributed by atoms with Gasteiger partial charge in [-0.15, -0.1) is 11.8 Å². The van der Waals surface area contributed by atoms with Gasteiger partial charge in [0.25, 0.3) is 0 Å². The van der Waals surface area contributed by atoms with Crippen LogP contribution in [-0.2, 0) is 0 Å². The number of hydrogen-bond acceptors (Lipinski definition) is 5. The number of rotatable bonds is 5. The zero-order chi connectivity index (χ0) is 20.4. The lowest BCUT2D eigenvalue weighted by molar-refractivity contribution is 0.0696. The summed E-state index contributed by atoms with van der Waals surface area (Å²) in [5.41, 5.74) is 10.7. The van der Waals surface area contributed by atoms with Crippen LogP contribution in [0.4, 0.5) is 5.82 Å². The van der Waals surface area contributed by atoms with E-state index < -0.39 is 5.97 Å². The predicted octanol–water partition coefficient (Wildman–Crippen LogP) is 5.36. The number of nitrogens with two attached hydrogens (primary N) is 1. The third kappa shape index (κ3) is 3.93. The van der Waals surface area contributed by atoms with Gasteiger partial charge in [0.2, 0.25) is 0 Å². The smallest absolute Gasteiger partial charge is 0.337 e. The number of aromatic nitrogens is 2. The average molecular weight is 401 g/mol. The Bertz CT molecular complexity index is 1210. The number of anilines is 1. The first-order chi connectivity index (χ1) is 14.0. The Morgan fingerprint density at radius 3 is 2.48 bits per heavy atom. The van der Waals surface area contributed by atoms with Gasteiger partial charge in [-0.1, -0.05) is 25.1 Å². The molecule has 0 bridgehead atoms. The number of aromatic carboxylic acids is 1. The third-order valence-electron chi connectivity index (χ3n) is 4.64. The molecule has 0 spiro atoms. The molecule has 0 unspecified atom stereocenters. The molecule has 2 aromatic carbocycles. The quantitative estimate of drug-likeness (QED) is 0.438. The molecule has 3 N–H and O–H groups in total. The van der Waals surface area contributed by atoms with Crippen LogP contribution in [-0.4, -0.2) is 26.8 Å². The molecule has 0 aliphatic heterocycles. The summed E-state index contributed by atoms with van der Waals surface area (Å²) in [5, 5.41) is 10.1. The number of thioether (sulfide) groups is 1. The second kappa shape index (κ2) is 7.93. The van der Waals surface area contributed by atoms with Crippen molar-refractivity contribution in [3.63, 3.8) is 0 Å². The van der Waals surface area contributed by atoms with E-state index in [-0.39, 0.29) is 5.56 Å². The standard InChI is InChI=1S/C23H19N3O2S/c1-2-29-19-6-3-14(4-7-19)20-11-16-9-15(5-8-21(16)26-22(20)24)17-10-18(23(27)28)13-25-12-17/h3-13H,2H2,1H3,(H2,24,26)(H,27,28). The van der Waals surface area contributed by atoms with Crippen LogP contribution in [0.1, 0.15) is 17.3 Å². The Morgan fingerprint density at radius 2 is 1.76 bits per heavy atom. The highest BCUT2D eigenvalue weighted by Crippen LogP contribution is 2.32. The van der Waals surface area contributed by atoms with Gasteiger partial charge in [0.05, 0.1) is 11.1 Å². The highest BCUT2D eigenvalue weighted by Gasteiger charge is 2.10. The number of hydrogen-bond donors (Lipinski definition) is 2. The maximum absolute atomic E-state index is 11.2. The SMILES string of the molecule is CCSc1ccc(-c2cc3cc(-c4cncc(C(=O)O)c4)ccc3nc2N)cc1. The van der Waals surface area contributed by atoms with Crippen molar-refractivity contribution in [1.29, 1.82) is 0 Å². The summed E-state index contributed by atoms with van der Waals surface area (Å²) in [4.78, 5) is 21.1. The van der Waals surface area contributed by atoms with Crippen molar-refractivity contribution in [3.05, 3.63) is 72.6 Å². The molecule has 0 amide bonds. The first-order valence-electron chi connectivity index (χ1n) is 9.17. The molecule has 2 heterocycles. The highest BCUT2D eigenvalue weighted by molar-refractivity contribution is 7.99. The van der Waals surface area contributed by atoms with E-state index in [1.165, 1.54) is 11.1 Å². The van der Waals surface area contributed by atoms with Gasteiger partial charge in [-0.05, 0) is 53.3 Å². The molecule has 4 rings (SSSR count). The van der Waals surface area contributed by atoms with Gasteiger partial charge in [0, 0.05) is 33.8 Å². The first-order valence-corrected chi connectivity index (χ1v) is 10.2. The molecule has 0 atom stereocenters. The summed E-state index contributed by atoms with van der Waals surface area (Å²) in [6, 6.07) is 17.7. The molecule has 4 aromatic rings. The lowest BCUT2D eigenvalue weighted by Crippen LogP contribution is -1.97. The van der Waals surface area contributed by atoms with Crippen molar-refractivity contribution in [1.82, 2.24) is 9.97 Å². The molecule has 0 radical (unpaired) electrons. The Labute approximate surface area is 172 Å². The van der Waals surface area contributed by atoms with Crippen LogP contribution in [0, 0.1) is 0 Å². The van der Waals surface area contributed by atoms with Crippen molar-refractivity contribution < 1.29 is 9.90 Å². The van der Waals surface area contributed by atoms with E-state index in [4.69, 9.17) is 5.73 Å². The summed E-state index contributed by atoms with van der Waals surface area (Å²) in [5.74, 6) is 0.511. The molecular weight excluding hydrogens is 382 g/mol. The van der Waals surface area contributed by atoms with E-state index in [1.807, 2.05) is 24.3 Å². The van der Waals surface area contributed by atoms with E-state index in [0.29, 0.717) is 5.82 Å². The largest absolute Gasteiger partial charge is 0.478 e. The number of carboxylic acid groups (broad SMARTS) is 1. The topological polar surface area (TPSA) is 89.1 Å². The van der Waals surface area contributed by atoms with Crippen molar-refractivity contribution in [2.75, 3.05) is 11.5 Å². The Balaban J connectivity index is 1.77. The number of carboxylic acids is 1. The molecule has 0 aliphatic carbocycles. The maximum Gasteiger partial charge on any atom is 0.337 e. The molecule has 5 nitrogen and oxygen atoms in total. The lowest BCUT2D eigenvalue weighted by atomic mass is 10.0. The van der Waals surface area contributed by atoms with Gasteiger partial charge in [-0.3, -0.25) is 4.98 Å². The average Bonchev–Trinajstić information content (AvgIpc) is 2.74. The molecular formula is C23H19N3O2S. The van der Waals surface area contributed by atoms with Gasteiger partial charge >= 0.3 is 5.97 Å². The highest BCUT2D eigenvalue weighted by atomic mass is 32.2. The molecule has 0 saturated carbocycles. The van der Waals surface area contributed by atoms with Crippen LogP contribution in [0.25, 0.3) is 33.2 Å². The molecule has 29 heavy (non-hydrogen) atoms. The monoisotopic (exact) mass is 401 g/mol. The van der Waals surface area contributed by atoms with E-state index in [9.17, 15) is 9.90 Å². The number of nitrogen functional groups attached to an aromatic ring is 1. The van der Waals surface area contributed by atoms with Crippen LogP contribution in [0.3, 0.4) is 0 Å². The van der Waals surface area contributed by atoms with Gasteiger partial charge in [0.1, 0.15) is 5.82 Å². The van der Waals surface area contributed by atoms with E-state index in [0.717, 1.165) is 38.9 Å². The predicted molar refractivity (Wildman–Crippen MR) is 118 cm³/mol. The molecule has 0 aliphatic rings. The van der Waals surface area contributed by atoms with Gasteiger partial charge < -0.3 is 10.8 Å². The van der Waals surface area contributed by atoms with Crippen molar-refractivity contribution in [3.8, 4) is 22.3 Å². The second-order valence-corrected chi connectivity index (χ2v) is 7.89. The summed E-state index contributed by atoms with van der Waals surface area (Å²) in [6.07, 6.45) is 3.00. The summed E-state index contributed by atoms with van der Waals surface area (Å²) >= 11 is 1.79. The minimum absolute atomic E-state index is 0.156. The van der Waals surface area contributed by atoms with Crippen LogP contribution >= 0.6 is 11.8 Å². The number of nitrogens with zero attached hydrogens (tertiary/aromatic N) is 2. The molecule has 144 valence electrons. The first kappa shape index (κ1) is 19.0. The number of fused-ring (bicyclic) bond motifs is 1. The van der Waals surface area contributed by atoms with Crippen LogP contribution in [0.5, 0.6) is 0 Å². The summed E-state index contributed by atoms with van der Waals surface area (Å²) in [6.45, 7) is 2.13. The second-order valence-electron chi connectivity index (χ2n) is 6.55.